The van der Waals surface area contributed by atoms with E-state index in [0.29, 0.717) is 22.4 Å². The van der Waals surface area contributed by atoms with Crippen molar-refractivity contribution in [2.24, 2.45) is 0 Å². The van der Waals surface area contributed by atoms with Crippen LogP contribution in [0.15, 0.2) is 65.4 Å². The molecule has 1 aromatic heterocycles. The van der Waals surface area contributed by atoms with Gasteiger partial charge in [-0.25, -0.2) is 4.68 Å². The van der Waals surface area contributed by atoms with Crippen molar-refractivity contribution < 1.29 is 14.3 Å². The van der Waals surface area contributed by atoms with E-state index in [1.54, 1.807) is 17.7 Å². The summed E-state index contributed by atoms with van der Waals surface area (Å²) in [5.74, 6) is -0.114. The number of likely N-dealkylation sites (N-methyl/N-ethyl adjacent to an activating group) is 1. The van der Waals surface area contributed by atoms with Crippen molar-refractivity contribution in [3.8, 4) is 28.8 Å². The maximum atomic E-state index is 13.0. The molecule has 5 rings (SSSR count). The Morgan fingerprint density at radius 3 is 2.60 bits per heavy atom. The topological polar surface area (TPSA) is 88.2 Å². The maximum absolute atomic E-state index is 13.0. The van der Waals surface area contributed by atoms with E-state index < -0.39 is 11.8 Å². The summed E-state index contributed by atoms with van der Waals surface area (Å²) in [6, 6.07) is 15.8. The number of rotatable bonds is 3. The van der Waals surface area contributed by atoms with Crippen LogP contribution in [-0.2, 0) is 16.0 Å². The van der Waals surface area contributed by atoms with Crippen LogP contribution in [0.25, 0.3) is 23.0 Å². The molecule has 0 aliphatic carbocycles. The molecule has 2 aliphatic heterocycles. The van der Waals surface area contributed by atoms with Crippen LogP contribution >= 0.6 is 0 Å². The zero-order valence-corrected chi connectivity index (χ0v) is 20.0. The lowest BCUT2D eigenvalue weighted by Crippen LogP contribution is -2.39. The number of nitrogens with zero attached hydrogens (tertiary/aromatic N) is 4. The highest BCUT2D eigenvalue weighted by Crippen LogP contribution is 2.38. The summed E-state index contributed by atoms with van der Waals surface area (Å²) in [6.07, 6.45) is 4.52. The van der Waals surface area contributed by atoms with Crippen LogP contribution in [0.5, 0.6) is 5.75 Å². The number of aryl methyl sites for hydroxylation is 1. The summed E-state index contributed by atoms with van der Waals surface area (Å²) in [4.78, 5) is 26.4. The van der Waals surface area contributed by atoms with Gasteiger partial charge in [0, 0.05) is 36.4 Å². The third-order valence-electron chi connectivity index (χ3n) is 6.46. The van der Waals surface area contributed by atoms with Crippen LogP contribution in [0.3, 0.4) is 0 Å². The van der Waals surface area contributed by atoms with Gasteiger partial charge in [0.05, 0.1) is 11.4 Å². The van der Waals surface area contributed by atoms with Crippen LogP contribution in [-0.4, -0.2) is 39.6 Å². The van der Waals surface area contributed by atoms with Gasteiger partial charge in [-0.1, -0.05) is 18.2 Å². The molecule has 3 heterocycles. The second-order valence-corrected chi connectivity index (χ2v) is 8.97. The SMILES string of the molecule is CC1=C(C#N)C(=O)N(C)C(=O)/C1=C\c1cn(-c2ccccc2)nc1-c1cc(C)c2c(c1)C[C@@H](C)O2. The molecular weight excluding hydrogens is 440 g/mol. The predicted molar refractivity (Wildman–Crippen MR) is 132 cm³/mol. The number of carbonyl (C=O) groups excluding carboxylic acids is 2. The Hall–Kier alpha value is -4.44. The molecule has 174 valence electrons. The lowest BCUT2D eigenvalue weighted by molar-refractivity contribution is -0.138. The van der Waals surface area contributed by atoms with E-state index in [4.69, 9.17) is 9.84 Å². The highest BCUT2D eigenvalue weighted by molar-refractivity contribution is 6.19. The van der Waals surface area contributed by atoms with Gasteiger partial charge in [-0.3, -0.25) is 14.5 Å². The largest absolute Gasteiger partial charge is 0.490 e. The lowest BCUT2D eigenvalue weighted by atomic mass is 9.93. The van der Waals surface area contributed by atoms with Gasteiger partial charge in [0.1, 0.15) is 23.5 Å². The first-order valence-corrected chi connectivity index (χ1v) is 11.4. The molecule has 0 saturated heterocycles. The Morgan fingerprint density at radius 2 is 1.89 bits per heavy atom. The van der Waals surface area contributed by atoms with Gasteiger partial charge in [-0.2, -0.15) is 10.4 Å². The van der Waals surface area contributed by atoms with Gasteiger partial charge >= 0.3 is 0 Å². The van der Waals surface area contributed by atoms with Crippen molar-refractivity contribution in [1.82, 2.24) is 14.7 Å². The van der Waals surface area contributed by atoms with Gasteiger partial charge in [0.2, 0.25) is 0 Å². The van der Waals surface area contributed by atoms with E-state index in [0.717, 1.165) is 39.4 Å². The van der Waals surface area contributed by atoms with Crippen molar-refractivity contribution in [2.75, 3.05) is 7.05 Å². The quantitative estimate of drug-likeness (QED) is 0.424. The molecule has 0 spiro atoms. The average Bonchev–Trinajstić information content (AvgIpc) is 3.45. The lowest BCUT2D eigenvalue weighted by Gasteiger charge is -2.23. The first kappa shape index (κ1) is 22.4. The molecule has 0 saturated carbocycles. The van der Waals surface area contributed by atoms with E-state index >= 15 is 0 Å². The Bertz CT molecular complexity index is 1490. The minimum Gasteiger partial charge on any atom is -0.490 e. The van der Waals surface area contributed by atoms with Crippen molar-refractivity contribution in [3.05, 3.63) is 82.1 Å². The average molecular weight is 465 g/mol. The van der Waals surface area contributed by atoms with Crippen LogP contribution in [0.2, 0.25) is 0 Å². The van der Waals surface area contributed by atoms with Crippen molar-refractivity contribution >= 4 is 17.9 Å². The highest BCUT2D eigenvalue weighted by Gasteiger charge is 2.33. The summed E-state index contributed by atoms with van der Waals surface area (Å²) in [5, 5.41) is 14.4. The van der Waals surface area contributed by atoms with E-state index in [1.807, 2.05) is 62.5 Å². The molecule has 0 fully saturated rings. The normalized spacial score (nSPS) is 18.7. The smallest absolute Gasteiger partial charge is 0.271 e. The third kappa shape index (κ3) is 3.73. The second-order valence-electron chi connectivity index (χ2n) is 8.97. The minimum absolute atomic E-state index is 0.0325. The van der Waals surface area contributed by atoms with Crippen LogP contribution < -0.4 is 4.74 Å². The number of aromatic nitrogens is 2. The van der Waals surface area contributed by atoms with Crippen LogP contribution in [0.1, 0.15) is 30.5 Å². The fourth-order valence-corrected chi connectivity index (χ4v) is 4.64. The first-order valence-electron chi connectivity index (χ1n) is 11.4. The molecule has 2 aliphatic rings. The van der Waals surface area contributed by atoms with Gasteiger partial charge < -0.3 is 4.74 Å². The first-order chi connectivity index (χ1) is 16.8. The molecule has 7 nitrogen and oxygen atoms in total. The summed E-state index contributed by atoms with van der Waals surface area (Å²) < 4.78 is 7.75. The standard InChI is InChI=1S/C28H24N4O3/c1-16-10-19(12-20-11-17(2)35-26(16)20)25-21(15-32(30-25)22-8-6-5-7-9-22)13-23-18(3)24(14-29)28(34)31(4)27(23)33/h5-10,12-13,15,17H,11H2,1-4H3/b23-13-/t17-/m1/s1. The Labute approximate surface area is 203 Å². The Morgan fingerprint density at radius 1 is 1.14 bits per heavy atom. The van der Waals surface area contributed by atoms with E-state index in [9.17, 15) is 14.9 Å². The monoisotopic (exact) mass is 464 g/mol. The number of para-hydroxylation sites is 1. The number of carbonyl (C=O) groups is 2. The van der Waals surface area contributed by atoms with Crippen molar-refractivity contribution in [1.29, 1.82) is 5.26 Å². The number of ether oxygens (including phenoxy) is 1. The molecule has 2 aromatic carbocycles. The van der Waals surface area contributed by atoms with Gasteiger partial charge in [0.15, 0.2) is 0 Å². The summed E-state index contributed by atoms with van der Waals surface area (Å²) in [5.41, 5.74) is 5.98. The fourth-order valence-electron chi connectivity index (χ4n) is 4.64. The molecule has 0 N–H and O–H groups in total. The second kappa shape index (κ2) is 8.41. The third-order valence-corrected chi connectivity index (χ3v) is 6.46. The Kier molecular flexibility index (Phi) is 5.37. The molecule has 0 radical (unpaired) electrons. The Balaban J connectivity index is 1.72. The highest BCUT2D eigenvalue weighted by atomic mass is 16.5. The number of nitriles is 1. The molecule has 2 amide bonds. The van der Waals surface area contributed by atoms with Crippen molar-refractivity contribution in [3.63, 3.8) is 0 Å². The van der Waals surface area contributed by atoms with Gasteiger partial charge in [-0.05, 0) is 67.8 Å². The molecule has 35 heavy (non-hydrogen) atoms. The molecule has 0 bridgehead atoms. The maximum Gasteiger partial charge on any atom is 0.271 e. The number of hydrogen-bond donors (Lipinski definition) is 0. The van der Waals surface area contributed by atoms with Crippen LogP contribution in [0, 0.1) is 18.3 Å². The molecule has 0 unspecified atom stereocenters. The molecule has 1 atom stereocenters. The summed E-state index contributed by atoms with van der Waals surface area (Å²) >= 11 is 0. The van der Waals surface area contributed by atoms with Gasteiger partial charge in [0.25, 0.3) is 11.8 Å². The summed E-state index contributed by atoms with van der Waals surface area (Å²) in [6.45, 7) is 5.70. The van der Waals surface area contributed by atoms with E-state index in [2.05, 4.69) is 6.07 Å². The molecule has 7 heteroatoms. The molecular formula is C28H24N4O3. The van der Waals surface area contributed by atoms with Crippen molar-refractivity contribution in [2.45, 2.75) is 33.3 Å². The van der Waals surface area contributed by atoms with Gasteiger partial charge in [-0.15, -0.1) is 0 Å². The number of amides is 2. The minimum atomic E-state index is -0.587. The zero-order chi connectivity index (χ0) is 24.9. The van der Waals surface area contributed by atoms with Crippen LogP contribution in [0.4, 0.5) is 0 Å². The zero-order valence-electron chi connectivity index (χ0n) is 20.0. The predicted octanol–water partition coefficient (Wildman–Crippen LogP) is 4.39. The van der Waals surface area contributed by atoms with E-state index in [1.165, 1.54) is 7.05 Å². The fraction of sp³-hybridized carbons (Fsp3) is 0.214. The number of benzene rings is 2. The number of hydrogen-bond acceptors (Lipinski definition) is 5. The number of fused-ring (bicyclic) bond motifs is 1. The summed E-state index contributed by atoms with van der Waals surface area (Å²) in [7, 11) is 1.39. The number of imide groups is 1. The molecule has 3 aromatic rings. The van der Waals surface area contributed by atoms with E-state index in [-0.39, 0.29) is 11.7 Å².